The van der Waals surface area contributed by atoms with Crippen LogP contribution in [-0.4, -0.2) is 49.3 Å². The lowest BCUT2D eigenvalue weighted by Crippen LogP contribution is -2.37. The molecule has 0 fully saturated rings. The van der Waals surface area contributed by atoms with Gasteiger partial charge in [-0.25, -0.2) is 0 Å². The fraction of sp³-hybridized carbons (Fsp3) is 0.385. The van der Waals surface area contributed by atoms with E-state index in [-0.39, 0.29) is 18.4 Å². The smallest absolute Gasteiger partial charge is 0.254 e. The number of alkyl halides is 1. The van der Waals surface area contributed by atoms with Crippen LogP contribution in [-0.2, 0) is 10.7 Å². The minimum atomic E-state index is -0.175. The van der Waals surface area contributed by atoms with Crippen LogP contribution in [0, 0.1) is 0 Å². The molecule has 4 nitrogen and oxygen atoms in total. The molecule has 5 heteroatoms. The molecule has 0 radical (unpaired) electrons. The van der Waals surface area contributed by atoms with E-state index in [0.717, 1.165) is 5.56 Å². The molecule has 0 saturated carbocycles. The van der Waals surface area contributed by atoms with Crippen LogP contribution in [0.4, 0.5) is 0 Å². The lowest BCUT2D eigenvalue weighted by atomic mass is 10.1. The summed E-state index contributed by atoms with van der Waals surface area (Å²) in [5.41, 5.74) is 1.51. The Balaban J connectivity index is 2.70. The molecule has 0 bridgehead atoms. The van der Waals surface area contributed by atoms with Crippen LogP contribution >= 0.6 is 11.6 Å². The molecule has 0 unspecified atom stereocenters. The Kier molecular flexibility index (Phi) is 5.16. The maximum atomic E-state index is 12.0. The average molecular weight is 269 g/mol. The fourth-order valence-corrected chi connectivity index (χ4v) is 1.55. The highest BCUT2D eigenvalue weighted by Crippen LogP contribution is 2.09. The summed E-state index contributed by atoms with van der Waals surface area (Å²) in [6.07, 6.45) is 0. The van der Waals surface area contributed by atoms with Gasteiger partial charge < -0.3 is 9.80 Å². The molecular formula is C13H17ClN2O2. The molecule has 0 spiro atoms. The number of hydrogen-bond donors (Lipinski definition) is 0. The Labute approximate surface area is 112 Å². The van der Waals surface area contributed by atoms with Crippen LogP contribution in [0.1, 0.15) is 15.9 Å². The van der Waals surface area contributed by atoms with Crippen molar-refractivity contribution >= 4 is 23.4 Å². The topological polar surface area (TPSA) is 40.6 Å². The monoisotopic (exact) mass is 268 g/mol. The van der Waals surface area contributed by atoms with E-state index in [0.29, 0.717) is 11.4 Å². The molecule has 0 N–H and O–H groups in total. The Morgan fingerprint density at radius 2 is 1.67 bits per heavy atom. The average Bonchev–Trinajstić information content (AvgIpc) is 2.37. The standard InChI is InChI=1S/C13H17ClN2O2/c1-15(2)12(17)9-16(3)13(18)11-6-4-10(8-14)5-7-11/h4-7H,8-9H2,1-3H3. The van der Waals surface area contributed by atoms with Gasteiger partial charge in [-0.2, -0.15) is 0 Å². The van der Waals surface area contributed by atoms with E-state index in [1.807, 2.05) is 12.1 Å². The molecule has 0 atom stereocenters. The summed E-state index contributed by atoms with van der Waals surface area (Å²) in [4.78, 5) is 26.4. The van der Waals surface area contributed by atoms with Gasteiger partial charge in [0.05, 0.1) is 6.54 Å². The second-order valence-electron chi connectivity index (χ2n) is 4.28. The van der Waals surface area contributed by atoms with Gasteiger partial charge in [0, 0.05) is 32.6 Å². The van der Waals surface area contributed by atoms with E-state index in [4.69, 9.17) is 11.6 Å². The Hall–Kier alpha value is -1.55. The van der Waals surface area contributed by atoms with Gasteiger partial charge in [0.25, 0.3) is 5.91 Å². The number of amides is 2. The number of carbonyl (C=O) groups excluding carboxylic acids is 2. The van der Waals surface area contributed by atoms with Gasteiger partial charge >= 0.3 is 0 Å². The SMILES string of the molecule is CN(C)C(=O)CN(C)C(=O)c1ccc(CCl)cc1. The van der Waals surface area contributed by atoms with Crippen molar-refractivity contribution in [3.63, 3.8) is 0 Å². The summed E-state index contributed by atoms with van der Waals surface area (Å²) < 4.78 is 0. The summed E-state index contributed by atoms with van der Waals surface area (Å²) in [5.74, 6) is 0.137. The molecule has 1 rings (SSSR count). The van der Waals surface area contributed by atoms with Crippen molar-refractivity contribution in [3.8, 4) is 0 Å². The molecule has 0 aromatic heterocycles. The highest BCUT2D eigenvalue weighted by atomic mass is 35.5. The summed E-state index contributed by atoms with van der Waals surface area (Å²) >= 11 is 5.68. The second kappa shape index (κ2) is 6.40. The minimum absolute atomic E-state index is 0.0725. The third-order valence-corrected chi connectivity index (χ3v) is 2.88. The number of hydrogen-bond acceptors (Lipinski definition) is 2. The van der Waals surface area contributed by atoms with Crippen LogP contribution < -0.4 is 0 Å². The second-order valence-corrected chi connectivity index (χ2v) is 4.55. The van der Waals surface area contributed by atoms with Crippen molar-refractivity contribution in [2.24, 2.45) is 0 Å². The predicted octanol–water partition coefficient (Wildman–Crippen LogP) is 1.59. The normalized spacial score (nSPS) is 10.0. The highest BCUT2D eigenvalue weighted by Gasteiger charge is 2.15. The van der Waals surface area contributed by atoms with Crippen LogP contribution in [0.15, 0.2) is 24.3 Å². The molecule has 0 aliphatic heterocycles. The van der Waals surface area contributed by atoms with Crippen LogP contribution in [0.2, 0.25) is 0 Å². The van der Waals surface area contributed by atoms with E-state index in [1.54, 1.807) is 33.3 Å². The molecule has 0 aliphatic carbocycles. The molecule has 0 aliphatic rings. The maximum Gasteiger partial charge on any atom is 0.254 e. The zero-order valence-electron chi connectivity index (χ0n) is 10.8. The van der Waals surface area contributed by atoms with Gasteiger partial charge in [-0.05, 0) is 17.7 Å². The number of nitrogens with zero attached hydrogens (tertiary/aromatic N) is 2. The highest BCUT2D eigenvalue weighted by molar-refractivity contribution is 6.17. The van der Waals surface area contributed by atoms with E-state index >= 15 is 0 Å². The summed E-state index contributed by atoms with van der Waals surface area (Å²) in [7, 11) is 4.94. The number of benzene rings is 1. The Morgan fingerprint density at radius 1 is 1.11 bits per heavy atom. The number of carbonyl (C=O) groups is 2. The van der Waals surface area contributed by atoms with Crippen molar-refractivity contribution < 1.29 is 9.59 Å². The summed E-state index contributed by atoms with van der Waals surface area (Å²) in [6.45, 7) is 0.0725. The molecule has 1 aromatic carbocycles. The van der Waals surface area contributed by atoms with Crippen molar-refractivity contribution in [2.75, 3.05) is 27.7 Å². The van der Waals surface area contributed by atoms with Crippen molar-refractivity contribution in [3.05, 3.63) is 35.4 Å². The number of halogens is 1. The number of likely N-dealkylation sites (N-methyl/N-ethyl adjacent to an activating group) is 2. The van der Waals surface area contributed by atoms with Gasteiger partial charge in [-0.3, -0.25) is 9.59 Å². The zero-order chi connectivity index (χ0) is 13.7. The van der Waals surface area contributed by atoms with Gasteiger partial charge in [-0.1, -0.05) is 12.1 Å². The third-order valence-electron chi connectivity index (χ3n) is 2.57. The lowest BCUT2D eigenvalue weighted by molar-refractivity contribution is -0.129. The summed E-state index contributed by atoms with van der Waals surface area (Å²) in [5, 5.41) is 0. The molecular weight excluding hydrogens is 252 g/mol. The Morgan fingerprint density at radius 3 is 2.11 bits per heavy atom. The van der Waals surface area contributed by atoms with E-state index < -0.39 is 0 Å². The first-order valence-corrected chi connectivity index (χ1v) is 6.09. The van der Waals surface area contributed by atoms with Gasteiger partial charge in [-0.15, -0.1) is 11.6 Å². The fourth-order valence-electron chi connectivity index (χ4n) is 1.37. The molecule has 1 aromatic rings. The molecule has 0 heterocycles. The van der Waals surface area contributed by atoms with Crippen molar-refractivity contribution in [1.82, 2.24) is 9.80 Å². The van der Waals surface area contributed by atoms with Gasteiger partial charge in [0.1, 0.15) is 0 Å². The van der Waals surface area contributed by atoms with Gasteiger partial charge in [0.2, 0.25) is 5.91 Å². The van der Waals surface area contributed by atoms with Crippen LogP contribution in [0.3, 0.4) is 0 Å². The largest absolute Gasteiger partial charge is 0.347 e. The quantitative estimate of drug-likeness (QED) is 0.778. The van der Waals surface area contributed by atoms with E-state index in [9.17, 15) is 9.59 Å². The maximum absolute atomic E-state index is 12.0. The first-order valence-electron chi connectivity index (χ1n) is 5.56. The number of rotatable bonds is 4. The van der Waals surface area contributed by atoms with Crippen LogP contribution in [0.25, 0.3) is 0 Å². The molecule has 98 valence electrons. The minimum Gasteiger partial charge on any atom is -0.347 e. The predicted molar refractivity (Wildman–Crippen MR) is 71.7 cm³/mol. The first-order chi connectivity index (χ1) is 8.45. The Bertz CT molecular complexity index is 429. The molecule has 0 saturated heterocycles. The lowest BCUT2D eigenvalue weighted by Gasteiger charge is -2.19. The molecule has 2 amide bonds. The van der Waals surface area contributed by atoms with Crippen molar-refractivity contribution in [2.45, 2.75) is 5.88 Å². The first kappa shape index (κ1) is 14.5. The summed E-state index contributed by atoms with van der Waals surface area (Å²) in [6, 6.07) is 7.05. The van der Waals surface area contributed by atoms with Crippen molar-refractivity contribution in [1.29, 1.82) is 0 Å². The zero-order valence-corrected chi connectivity index (χ0v) is 11.6. The van der Waals surface area contributed by atoms with Crippen LogP contribution in [0.5, 0.6) is 0 Å². The van der Waals surface area contributed by atoms with Gasteiger partial charge in [0.15, 0.2) is 0 Å². The molecule has 18 heavy (non-hydrogen) atoms. The third kappa shape index (κ3) is 3.74. The van der Waals surface area contributed by atoms with E-state index in [1.165, 1.54) is 9.80 Å². The van der Waals surface area contributed by atoms with E-state index in [2.05, 4.69) is 0 Å².